The minimum Gasteiger partial charge on any atom is -0.394 e. The number of aliphatic hydroxyl groups is 3. The summed E-state index contributed by atoms with van der Waals surface area (Å²) in [7, 11) is 0. The van der Waals surface area contributed by atoms with Crippen molar-refractivity contribution in [2.75, 3.05) is 26.2 Å². The van der Waals surface area contributed by atoms with Gasteiger partial charge in [0.05, 0.1) is 6.61 Å². The Kier molecular flexibility index (Phi) is 5.37. The van der Waals surface area contributed by atoms with E-state index in [4.69, 9.17) is 4.74 Å². The predicted octanol–water partition coefficient (Wildman–Crippen LogP) is -2.06. The summed E-state index contributed by atoms with van der Waals surface area (Å²) in [6.07, 6.45) is -1.86. The highest BCUT2D eigenvalue weighted by molar-refractivity contribution is 5.72. The number of aliphatic hydroxyl groups excluding tert-OH is 3. The first kappa shape index (κ1) is 21.3. The number of aromatic nitrogens is 6. The average molecular weight is 449 g/mol. The van der Waals surface area contributed by atoms with E-state index in [9.17, 15) is 24.9 Å². The summed E-state index contributed by atoms with van der Waals surface area (Å²) in [5, 5.41) is 33.0. The average Bonchev–Trinajstić information content (AvgIpc) is 3.39. The lowest BCUT2D eigenvalue weighted by atomic mass is 10.1. The molecule has 174 valence electrons. The van der Waals surface area contributed by atoms with Gasteiger partial charge in [0.25, 0.3) is 11.3 Å². The van der Waals surface area contributed by atoms with Gasteiger partial charge in [-0.3, -0.25) is 14.5 Å². The molecule has 2 aliphatic heterocycles. The second kappa shape index (κ2) is 8.08. The number of fused-ring (bicyclic) bond motifs is 2. The third-order valence-electron chi connectivity index (χ3n) is 6.36. The molecular formula is C19H27N7O6. The Morgan fingerprint density at radius 3 is 2.53 bits per heavy atom. The predicted molar refractivity (Wildman–Crippen MR) is 111 cm³/mol. The van der Waals surface area contributed by atoms with E-state index in [-0.39, 0.29) is 23.5 Å². The number of hydrogen-bond donors (Lipinski definition) is 4. The molecule has 0 unspecified atom stereocenters. The molecule has 0 aromatic carbocycles. The van der Waals surface area contributed by atoms with E-state index in [1.807, 2.05) is 0 Å². The van der Waals surface area contributed by atoms with E-state index < -0.39 is 42.4 Å². The van der Waals surface area contributed by atoms with Crippen LogP contribution in [0.25, 0.3) is 16.9 Å². The van der Waals surface area contributed by atoms with Crippen molar-refractivity contribution in [1.29, 1.82) is 0 Å². The van der Waals surface area contributed by atoms with Crippen LogP contribution in [-0.4, -0.2) is 93.5 Å². The molecule has 0 aliphatic carbocycles. The highest BCUT2D eigenvalue weighted by Crippen LogP contribution is 2.30. The van der Waals surface area contributed by atoms with Crippen LogP contribution in [0, 0.1) is 6.92 Å². The fraction of sp³-hybridized carbons (Fsp3) is 0.684. The van der Waals surface area contributed by atoms with Crippen molar-refractivity contribution in [3.63, 3.8) is 0 Å². The van der Waals surface area contributed by atoms with Crippen molar-refractivity contribution < 1.29 is 20.1 Å². The van der Waals surface area contributed by atoms with Crippen LogP contribution < -0.4 is 11.2 Å². The first-order valence-electron chi connectivity index (χ1n) is 10.9. The van der Waals surface area contributed by atoms with Gasteiger partial charge < -0.3 is 25.0 Å². The normalized spacial score (nSPS) is 27.1. The summed E-state index contributed by atoms with van der Waals surface area (Å²) in [5.74, 6) is 0.553. The molecule has 0 amide bonds. The lowest BCUT2D eigenvalue weighted by Gasteiger charge is -2.26. The number of imidazole rings is 1. The molecule has 3 aromatic rings. The maximum atomic E-state index is 13.5. The van der Waals surface area contributed by atoms with E-state index in [0.29, 0.717) is 12.4 Å². The first-order valence-corrected chi connectivity index (χ1v) is 10.9. The van der Waals surface area contributed by atoms with Crippen molar-refractivity contribution in [3.8, 4) is 0 Å². The Bertz CT molecular complexity index is 1250. The van der Waals surface area contributed by atoms with Crippen LogP contribution in [0.4, 0.5) is 0 Å². The number of nitrogens with one attached hydrogen (secondary N) is 1. The Morgan fingerprint density at radius 2 is 1.84 bits per heavy atom. The number of piperidine rings is 1. The number of hydrogen-bond acceptors (Lipinski definition) is 9. The second-order valence-electron chi connectivity index (χ2n) is 8.47. The number of likely N-dealkylation sites (tertiary alicyclic amines) is 1. The molecule has 0 bridgehead atoms. The number of aromatic amines is 1. The van der Waals surface area contributed by atoms with Gasteiger partial charge in [-0.25, -0.2) is 9.36 Å². The smallest absolute Gasteiger partial charge is 0.332 e. The van der Waals surface area contributed by atoms with Crippen LogP contribution in [-0.2, 0) is 11.3 Å². The minimum atomic E-state index is -1.48. The highest BCUT2D eigenvalue weighted by Gasteiger charge is 2.45. The molecule has 0 saturated carbocycles. The van der Waals surface area contributed by atoms with Gasteiger partial charge in [0, 0.05) is 13.1 Å². The summed E-state index contributed by atoms with van der Waals surface area (Å²) in [6, 6.07) is 0. The van der Waals surface area contributed by atoms with E-state index in [1.54, 1.807) is 6.92 Å². The highest BCUT2D eigenvalue weighted by atomic mass is 16.6. The molecule has 2 aliphatic rings. The van der Waals surface area contributed by atoms with Gasteiger partial charge in [-0.2, -0.15) is 14.5 Å². The van der Waals surface area contributed by atoms with Gasteiger partial charge in [-0.15, -0.1) is 0 Å². The fourth-order valence-corrected chi connectivity index (χ4v) is 4.68. The van der Waals surface area contributed by atoms with E-state index in [1.165, 1.54) is 15.5 Å². The standard InChI is InChI=1S/C19H27N7O6/c1-10-20-18-21-15-12(16(30)26(18)22-10)24(8-7-23-5-3-2-4-6-23)19(31)25(15)17-14(29)13(28)11(9-27)32-17/h11,13-14,17,27-29H,2-9H2,1H3,(H,20,21,22)/t11-,13-,14-,17-/m1/s1. The topological polar surface area (TPSA) is 163 Å². The molecule has 5 rings (SSSR count). The molecule has 13 heteroatoms. The fourth-order valence-electron chi connectivity index (χ4n) is 4.68. The third kappa shape index (κ3) is 3.28. The Morgan fingerprint density at radius 1 is 1.09 bits per heavy atom. The number of rotatable bonds is 5. The van der Waals surface area contributed by atoms with Gasteiger partial charge in [0.2, 0.25) is 0 Å². The van der Waals surface area contributed by atoms with Crippen molar-refractivity contribution in [1.82, 2.24) is 33.6 Å². The molecule has 4 atom stereocenters. The minimum absolute atomic E-state index is 0.0139. The Hall–Kier alpha value is -2.58. The summed E-state index contributed by atoms with van der Waals surface area (Å²) in [6.45, 7) is 3.86. The molecule has 3 aromatic heterocycles. The van der Waals surface area contributed by atoms with Crippen LogP contribution in [0.2, 0.25) is 0 Å². The quantitative estimate of drug-likeness (QED) is 0.343. The number of H-pyrrole nitrogens is 1. The summed E-state index contributed by atoms with van der Waals surface area (Å²) < 4.78 is 9.19. The molecule has 13 nitrogen and oxygen atoms in total. The summed E-state index contributed by atoms with van der Waals surface area (Å²) >= 11 is 0. The zero-order valence-electron chi connectivity index (χ0n) is 17.7. The molecule has 0 radical (unpaired) electrons. The molecule has 2 saturated heterocycles. The molecule has 4 N–H and O–H groups in total. The van der Waals surface area contributed by atoms with Crippen LogP contribution in [0.3, 0.4) is 0 Å². The van der Waals surface area contributed by atoms with Gasteiger partial charge in [0.1, 0.15) is 24.1 Å². The molecule has 5 heterocycles. The molecule has 2 fully saturated rings. The van der Waals surface area contributed by atoms with Crippen LogP contribution in [0.5, 0.6) is 0 Å². The van der Waals surface area contributed by atoms with E-state index in [0.717, 1.165) is 30.5 Å². The molecule has 32 heavy (non-hydrogen) atoms. The van der Waals surface area contributed by atoms with Gasteiger partial charge in [-0.1, -0.05) is 6.42 Å². The molecule has 0 spiro atoms. The first-order chi connectivity index (χ1) is 15.4. The van der Waals surface area contributed by atoms with Gasteiger partial charge >= 0.3 is 5.69 Å². The van der Waals surface area contributed by atoms with Gasteiger partial charge in [-0.05, 0) is 32.9 Å². The largest absolute Gasteiger partial charge is 0.394 e. The van der Waals surface area contributed by atoms with Crippen molar-refractivity contribution in [2.24, 2.45) is 0 Å². The zero-order chi connectivity index (χ0) is 22.6. The lowest BCUT2D eigenvalue weighted by molar-refractivity contribution is -0.0528. The summed E-state index contributed by atoms with van der Waals surface area (Å²) in [4.78, 5) is 37.6. The Labute approximate surface area is 181 Å². The van der Waals surface area contributed by atoms with Crippen molar-refractivity contribution in [2.45, 2.75) is 57.3 Å². The molecular weight excluding hydrogens is 422 g/mol. The van der Waals surface area contributed by atoms with Gasteiger partial charge in [0.15, 0.2) is 17.4 Å². The lowest BCUT2D eigenvalue weighted by Crippen LogP contribution is -2.38. The second-order valence-corrected chi connectivity index (χ2v) is 8.47. The van der Waals surface area contributed by atoms with Crippen molar-refractivity contribution in [3.05, 3.63) is 26.7 Å². The maximum absolute atomic E-state index is 13.5. The SMILES string of the molecule is Cc1nc2nc3c(c(=O)n2[nH]1)n(CCN1CCCCC1)c(=O)n3[C@@H]1O[C@H](CO)[C@@H](O)[C@H]1O. The summed E-state index contributed by atoms with van der Waals surface area (Å²) in [5.41, 5.74) is -1.00. The van der Waals surface area contributed by atoms with E-state index in [2.05, 4.69) is 20.0 Å². The third-order valence-corrected chi connectivity index (χ3v) is 6.36. The number of nitrogens with zero attached hydrogens (tertiary/aromatic N) is 6. The number of aryl methyl sites for hydroxylation is 1. The van der Waals surface area contributed by atoms with E-state index >= 15 is 0 Å². The van der Waals surface area contributed by atoms with Crippen LogP contribution in [0.15, 0.2) is 9.59 Å². The Balaban J connectivity index is 1.66. The van der Waals surface area contributed by atoms with Crippen molar-refractivity contribution >= 4 is 16.9 Å². The monoisotopic (exact) mass is 449 g/mol. The van der Waals surface area contributed by atoms with Crippen LogP contribution in [0.1, 0.15) is 31.3 Å². The number of ether oxygens (including phenoxy) is 1. The zero-order valence-corrected chi connectivity index (χ0v) is 17.7. The van der Waals surface area contributed by atoms with Crippen LogP contribution >= 0.6 is 0 Å². The maximum Gasteiger partial charge on any atom is 0.332 e.